The van der Waals surface area contributed by atoms with E-state index in [2.05, 4.69) is 10.2 Å². The van der Waals surface area contributed by atoms with E-state index in [0.29, 0.717) is 43.3 Å². The molecule has 3 saturated heterocycles. The van der Waals surface area contributed by atoms with Crippen molar-refractivity contribution >= 4 is 49.1 Å². The molecule has 1 amide bonds. The van der Waals surface area contributed by atoms with E-state index in [0.717, 1.165) is 55.6 Å². The molecule has 40 heavy (non-hydrogen) atoms. The molecule has 2 atom stereocenters. The number of aromatic nitrogens is 2. The summed E-state index contributed by atoms with van der Waals surface area (Å²) in [7, 11) is 0. The first-order valence-corrected chi connectivity index (χ1v) is 14.9. The normalized spacial score (nSPS) is 22.2. The van der Waals surface area contributed by atoms with Gasteiger partial charge in [-0.15, -0.1) is 11.3 Å². The molecule has 1 aromatic carbocycles. The smallest absolute Gasteiger partial charge is 0.258 e. The molecule has 210 valence electrons. The Balaban J connectivity index is 1.27. The van der Waals surface area contributed by atoms with Crippen LogP contribution in [0.4, 0.5) is 10.2 Å². The zero-order valence-electron chi connectivity index (χ0n) is 22.2. The standard InChI is InChI=1S/C29H32FN5O4S/c30-21-15-20-25(36)24(28(37)31-16-18-5-3-9-34(18)17-19-6-4-12-39-19)29-35(22-7-1-2-8-23(22)40-29)26(20)32-27(21)33-10-13-38-14-11-33/h1-2,7-8,15,18-19H,3-6,9-14,16-17H2,(H,31,37). The van der Waals surface area contributed by atoms with Crippen LogP contribution in [0.1, 0.15) is 36.0 Å². The van der Waals surface area contributed by atoms with Gasteiger partial charge in [0.2, 0.25) is 5.43 Å². The summed E-state index contributed by atoms with van der Waals surface area (Å²) >= 11 is 1.38. The van der Waals surface area contributed by atoms with E-state index in [1.807, 2.05) is 33.6 Å². The van der Waals surface area contributed by atoms with Crippen LogP contribution in [0.15, 0.2) is 35.1 Å². The zero-order chi connectivity index (χ0) is 27.2. The minimum Gasteiger partial charge on any atom is -0.378 e. The van der Waals surface area contributed by atoms with E-state index in [-0.39, 0.29) is 28.9 Å². The van der Waals surface area contributed by atoms with Crippen molar-refractivity contribution < 1.29 is 18.7 Å². The van der Waals surface area contributed by atoms with Crippen molar-refractivity contribution in [3.05, 3.63) is 51.9 Å². The molecule has 1 N–H and O–H groups in total. The van der Waals surface area contributed by atoms with Crippen molar-refractivity contribution in [2.45, 2.75) is 37.8 Å². The zero-order valence-corrected chi connectivity index (χ0v) is 23.1. The lowest BCUT2D eigenvalue weighted by Crippen LogP contribution is -2.43. The summed E-state index contributed by atoms with van der Waals surface area (Å²) in [5.41, 5.74) is 0.724. The summed E-state index contributed by atoms with van der Waals surface area (Å²) in [5, 5.41) is 3.15. The maximum Gasteiger partial charge on any atom is 0.258 e. The van der Waals surface area contributed by atoms with E-state index in [1.54, 1.807) is 0 Å². The van der Waals surface area contributed by atoms with Crippen molar-refractivity contribution in [3.8, 4) is 0 Å². The first-order chi connectivity index (χ1) is 19.6. The number of pyridine rings is 2. The fraction of sp³-hybridized carbons (Fsp3) is 0.483. The van der Waals surface area contributed by atoms with Crippen LogP contribution in [-0.2, 0) is 9.47 Å². The number of carbonyl (C=O) groups excluding carboxylic acids is 1. The van der Waals surface area contributed by atoms with Gasteiger partial charge >= 0.3 is 0 Å². The molecule has 6 heterocycles. The molecule has 4 aromatic rings. The number of likely N-dealkylation sites (tertiary alicyclic amines) is 1. The Hall–Kier alpha value is -3.12. The van der Waals surface area contributed by atoms with Crippen LogP contribution in [0.3, 0.4) is 0 Å². The average Bonchev–Trinajstić information content (AvgIpc) is 3.73. The Morgan fingerprint density at radius 1 is 1.12 bits per heavy atom. The molecule has 0 bridgehead atoms. The third kappa shape index (κ3) is 4.54. The van der Waals surface area contributed by atoms with Crippen molar-refractivity contribution in [2.24, 2.45) is 0 Å². The molecule has 11 heteroatoms. The van der Waals surface area contributed by atoms with Crippen LogP contribution in [0.5, 0.6) is 0 Å². The number of halogens is 1. The Kier molecular flexibility index (Phi) is 6.91. The Labute approximate surface area is 234 Å². The third-order valence-electron chi connectivity index (χ3n) is 8.35. The number of nitrogens with zero attached hydrogens (tertiary/aromatic N) is 4. The highest BCUT2D eigenvalue weighted by molar-refractivity contribution is 7.24. The number of carbonyl (C=O) groups is 1. The average molecular weight is 566 g/mol. The number of ether oxygens (including phenoxy) is 2. The maximum absolute atomic E-state index is 15.4. The number of hydrogen-bond acceptors (Lipinski definition) is 8. The second kappa shape index (κ2) is 10.7. The maximum atomic E-state index is 15.4. The molecule has 9 nitrogen and oxygen atoms in total. The number of hydrogen-bond donors (Lipinski definition) is 1. The van der Waals surface area contributed by atoms with Gasteiger partial charge in [-0.2, -0.15) is 0 Å². The number of anilines is 1. The highest BCUT2D eigenvalue weighted by atomic mass is 32.1. The van der Waals surface area contributed by atoms with Crippen LogP contribution < -0.4 is 15.6 Å². The number of thiazole rings is 1. The largest absolute Gasteiger partial charge is 0.378 e. The third-order valence-corrected chi connectivity index (χ3v) is 9.49. The van der Waals surface area contributed by atoms with Gasteiger partial charge in [0.25, 0.3) is 5.91 Å². The van der Waals surface area contributed by atoms with Crippen molar-refractivity contribution in [1.29, 1.82) is 0 Å². The van der Waals surface area contributed by atoms with Gasteiger partial charge in [-0.3, -0.25) is 18.9 Å². The fourth-order valence-electron chi connectivity index (χ4n) is 6.31. The van der Waals surface area contributed by atoms with Gasteiger partial charge in [-0.05, 0) is 50.4 Å². The summed E-state index contributed by atoms with van der Waals surface area (Å²) in [6.07, 6.45) is 4.49. The van der Waals surface area contributed by atoms with E-state index < -0.39 is 17.2 Å². The topological polar surface area (TPSA) is 88.4 Å². The number of nitrogens with one attached hydrogen (secondary N) is 1. The van der Waals surface area contributed by atoms with Crippen LogP contribution in [0.25, 0.3) is 26.1 Å². The Morgan fingerprint density at radius 3 is 2.80 bits per heavy atom. The highest BCUT2D eigenvalue weighted by Gasteiger charge is 2.30. The quantitative estimate of drug-likeness (QED) is 0.383. The number of fused-ring (bicyclic) bond motifs is 5. The lowest BCUT2D eigenvalue weighted by atomic mass is 10.1. The minimum absolute atomic E-state index is 0.0395. The molecule has 2 unspecified atom stereocenters. The van der Waals surface area contributed by atoms with Gasteiger partial charge in [0.05, 0.1) is 34.9 Å². The second-order valence-corrected chi connectivity index (χ2v) is 11.8. The molecular formula is C29H32FN5O4S. The van der Waals surface area contributed by atoms with Crippen molar-refractivity contribution in [1.82, 2.24) is 19.6 Å². The second-order valence-electron chi connectivity index (χ2n) is 10.8. The van der Waals surface area contributed by atoms with Crippen LogP contribution >= 0.6 is 11.3 Å². The SMILES string of the molecule is O=C(NCC1CCCN1CC1CCCO1)c1c(=O)c2cc(F)c(N3CCOCC3)nc2n2c1sc1ccccc12. The van der Waals surface area contributed by atoms with Gasteiger partial charge in [0, 0.05) is 38.8 Å². The van der Waals surface area contributed by atoms with Gasteiger partial charge < -0.3 is 19.7 Å². The molecule has 0 radical (unpaired) electrons. The summed E-state index contributed by atoms with van der Waals surface area (Å²) < 4.78 is 29.4. The van der Waals surface area contributed by atoms with E-state index in [4.69, 9.17) is 14.5 Å². The first kappa shape index (κ1) is 25.8. The number of amides is 1. The van der Waals surface area contributed by atoms with Crippen LogP contribution in [-0.4, -0.2) is 84.9 Å². The molecule has 3 fully saturated rings. The molecule has 3 aliphatic rings. The minimum atomic E-state index is -0.576. The predicted molar refractivity (Wildman–Crippen MR) is 153 cm³/mol. The number of rotatable bonds is 6. The molecule has 3 aromatic heterocycles. The highest BCUT2D eigenvalue weighted by Crippen LogP contribution is 2.32. The molecule has 7 rings (SSSR count). The molecule has 0 aliphatic carbocycles. The monoisotopic (exact) mass is 565 g/mol. The van der Waals surface area contributed by atoms with Gasteiger partial charge in [0.15, 0.2) is 17.3 Å². The Bertz CT molecular complexity index is 1640. The summed E-state index contributed by atoms with van der Waals surface area (Å²) in [4.78, 5) is 37.0. The molecular weight excluding hydrogens is 533 g/mol. The van der Waals surface area contributed by atoms with E-state index in [9.17, 15) is 9.59 Å². The molecule has 0 saturated carbocycles. The van der Waals surface area contributed by atoms with Crippen molar-refractivity contribution in [3.63, 3.8) is 0 Å². The van der Waals surface area contributed by atoms with E-state index >= 15 is 4.39 Å². The molecule has 3 aliphatic heterocycles. The summed E-state index contributed by atoms with van der Waals surface area (Å²) in [6.45, 7) is 5.13. The predicted octanol–water partition coefficient (Wildman–Crippen LogP) is 3.41. The summed E-state index contributed by atoms with van der Waals surface area (Å²) in [5.74, 6) is -0.810. The van der Waals surface area contributed by atoms with Gasteiger partial charge in [0.1, 0.15) is 10.4 Å². The fourth-order valence-corrected chi connectivity index (χ4v) is 7.49. The van der Waals surface area contributed by atoms with Crippen LogP contribution in [0, 0.1) is 5.82 Å². The number of morpholine rings is 1. The lowest BCUT2D eigenvalue weighted by Gasteiger charge is -2.28. The Morgan fingerprint density at radius 2 is 1.98 bits per heavy atom. The van der Waals surface area contributed by atoms with Gasteiger partial charge in [-0.1, -0.05) is 12.1 Å². The van der Waals surface area contributed by atoms with Crippen LogP contribution in [0.2, 0.25) is 0 Å². The number of benzene rings is 1. The van der Waals surface area contributed by atoms with Crippen molar-refractivity contribution in [2.75, 3.05) is 57.4 Å². The molecule has 0 spiro atoms. The summed E-state index contributed by atoms with van der Waals surface area (Å²) in [6, 6.07) is 9.17. The first-order valence-electron chi connectivity index (χ1n) is 14.1. The van der Waals surface area contributed by atoms with E-state index in [1.165, 1.54) is 17.4 Å². The number of para-hydroxylation sites is 1. The van der Waals surface area contributed by atoms with Gasteiger partial charge in [-0.25, -0.2) is 9.37 Å². The lowest BCUT2D eigenvalue weighted by molar-refractivity contribution is 0.0679.